The maximum absolute atomic E-state index is 5.73. The number of ether oxygens (including phenoxy) is 1. The standard InChI is InChI=1S/C14H30N2O/c1-14(2,12-15)8-4-5-9-16(3)11-13-7-6-10-17-13/h13H,4-12,15H2,1-3H3. The number of nitrogens with zero attached hydrogens (tertiary/aromatic N) is 1. The van der Waals surface area contributed by atoms with Crippen LogP contribution in [0.3, 0.4) is 0 Å². The van der Waals surface area contributed by atoms with E-state index in [0.717, 1.165) is 19.7 Å². The van der Waals surface area contributed by atoms with Crippen LogP contribution in [0.1, 0.15) is 46.0 Å². The van der Waals surface area contributed by atoms with Crippen LogP contribution in [0.15, 0.2) is 0 Å². The average molecular weight is 242 g/mol. The van der Waals surface area contributed by atoms with Gasteiger partial charge in [-0.3, -0.25) is 0 Å². The lowest BCUT2D eigenvalue weighted by molar-refractivity contribution is 0.0805. The number of unbranched alkanes of at least 4 members (excludes halogenated alkanes) is 1. The highest BCUT2D eigenvalue weighted by Gasteiger charge is 2.17. The van der Waals surface area contributed by atoms with Crippen molar-refractivity contribution in [3.8, 4) is 0 Å². The molecule has 102 valence electrons. The molecule has 0 bridgehead atoms. The van der Waals surface area contributed by atoms with E-state index < -0.39 is 0 Å². The average Bonchev–Trinajstić information content (AvgIpc) is 2.77. The molecule has 0 aromatic heterocycles. The summed E-state index contributed by atoms with van der Waals surface area (Å²) < 4.78 is 5.64. The first-order valence-electron chi connectivity index (χ1n) is 7.04. The molecule has 1 atom stereocenters. The van der Waals surface area contributed by atoms with Gasteiger partial charge in [0.2, 0.25) is 0 Å². The second kappa shape index (κ2) is 7.34. The molecule has 1 fully saturated rings. The zero-order chi connectivity index (χ0) is 12.7. The van der Waals surface area contributed by atoms with Crippen LogP contribution >= 0.6 is 0 Å². The van der Waals surface area contributed by atoms with Crippen molar-refractivity contribution in [3.63, 3.8) is 0 Å². The van der Waals surface area contributed by atoms with E-state index >= 15 is 0 Å². The van der Waals surface area contributed by atoms with E-state index in [-0.39, 0.29) is 0 Å². The Labute approximate surface area is 107 Å². The Morgan fingerprint density at radius 2 is 2.12 bits per heavy atom. The van der Waals surface area contributed by atoms with E-state index in [2.05, 4.69) is 25.8 Å². The summed E-state index contributed by atoms with van der Waals surface area (Å²) in [7, 11) is 2.20. The van der Waals surface area contributed by atoms with Crippen molar-refractivity contribution in [2.24, 2.45) is 11.1 Å². The lowest BCUT2D eigenvalue weighted by atomic mass is 9.87. The third-order valence-corrected chi connectivity index (χ3v) is 3.74. The summed E-state index contributed by atoms with van der Waals surface area (Å²) in [6.07, 6.45) is 6.75. The molecule has 1 rings (SSSR count). The van der Waals surface area contributed by atoms with Gasteiger partial charge < -0.3 is 15.4 Å². The van der Waals surface area contributed by atoms with Crippen LogP contribution in [-0.4, -0.2) is 44.3 Å². The number of hydrogen-bond donors (Lipinski definition) is 1. The number of hydrogen-bond acceptors (Lipinski definition) is 3. The van der Waals surface area contributed by atoms with Gasteiger partial charge in [-0.1, -0.05) is 20.3 Å². The predicted molar refractivity (Wildman–Crippen MR) is 73.2 cm³/mol. The van der Waals surface area contributed by atoms with Crippen LogP contribution in [-0.2, 0) is 4.74 Å². The molecule has 1 saturated heterocycles. The van der Waals surface area contributed by atoms with Crippen molar-refractivity contribution in [1.82, 2.24) is 4.90 Å². The van der Waals surface area contributed by atoms with Gasteiger partial charge in [0.1, 0.15) is 0 Å². The quantitative estimate of drug-likeness (QED) is 0.664. The number of likely N-dealkylation sites (N-methyl/N-ethyl adjacent to an activating group) is 1. The molecule has 3 heteroatoms. The maximum Gasteiger partial charge on any atom is 0.0702 e. The van der Waals surface area contributed by atoms with E-state index in [1.54, 1.807) is 0 Å². The Morgan fingerprint density at radius 1 is 1.35 bits per heavy atom. The molecule has 0 amide bonds. The van der Waals surface area contributed by atoms with Gasteiger partial charge >= 0.3 is 0 Å². The molecule has 2 N–H and O–H groups in total. The summed E-state index contributed by atoms with van der Waals surface area (Å²) in [6, 6.07) is 0. The van der Waals surface area contributed by atoms with E-state index in [1.165, 1.54) is 38.6 Å². The molecule has 0 aromatic rings. The maximum atomic E-state index is 5.73. The third-order valence-electron chi connectivity index (χ3n) is 3.74. The highest BCUT2D eigenvalue weighted by molar-refractivity contribution is 4.71. The van der Waals surface area contributed by atoms with Crippen molar-refractivity contribution < 1.29 is 4.74 Å². The predicted octanol–water partition coefficient (Wildman–Crippen LogP) is 2.25. The molecule has 1 unspecified atom stereocenters. The summed E-state index contributed by atoms with van der Waals surface area (Å²) >= 11 is 0. The molecule has 0 aliphatic carbocycles. The second-order valence-electron chi connectivity index (χ2n) is 6.22. The van der Waals surface area contributed by atoms with Gasteiger partial charge in [0.25, 0.3) is 0 Å². The minimum atomic E-state index is 0.313. The van der Waals surface area contributed by atoms with Gasteiger partial charge in [-0.2, -0.15) is 0 Å². The van der Waals surface area contributed by atoms with Crippen LogP contribution in [0.4, 0.5) is 0 Å². The Balaban J connectivity index is 2.01. The Kier molecular flexibility index (Phi) is 6.45. The fourth-order valence-electron chi connectivity index (χ4n) is 2.31. The smallest absolute Gasteiger partial charge is 0.0702 e. The minimum Gasteiger partial charge on any atom is -0.377 e. The molecule has 1 aliphatic heterocycles. The zero-order valence-electron chi connectivity index (χ0n) is 11.9. The van der Waals surface area contributed by atoms with Gasteiger partial charge in [0.05, 0.1) is 6.10 Å². The summed E-state index contributed by atoms with van der Waals surface area (Å²) in [5.41, 5.74) is 6.04. The molecule has 0 radical (unpaired) electrons. The summed E-state index contributed by atoms with van der Waals surface area (Å²) in [5.74, 6) is 0. The number of rotatable bonds is 8. The largest absolute Gasteiger partial charge is 0.377 e. The fourth-order valence-corrected chi connectivity index (χ4v) is 2.31. The van der Waals surface area contributed by atoms with Gasteiger partial charge in [-0.05, 0) is 51.2 Å². The fraction of sp³-hybridized carbons (Fsp3) is 1.00. The van der Waals surface area contributed by atoms with Crippen molar-refractivity contribution in [2.45, 2.75) is 52.1 Å². The molecule has 0 aromatic carbocycles. The van der Waals surface area contributed by atoms with Gasteiger partial charge in [-0.15, -0.1) is 0 Å². The molecule has 1 aliphatic rings. The van der Waals surface area contributed by atoms with Gasteiger partial charge in [0.15, 0.2) is 0 Å². The molecule has 17 heavy (non-hydrogen) atoms. The minimum absolute atomic E-state index is 0.313. The first-order chi connectivity index (χ1) is 8.03. The first kappa shape index (κ1) is 14.9. The van der Waals surface area contributed by atoms with Crippen molar-refractivity contribution in [1.29, 1.82) is 0 Å². The van der Waals surface area contributed by atoms with E-state index in [4.69, 9.17) is 10.5 Å². The molecular formula is C14H30N2O. The normalized spacial score (nSPS) is 21.4. The van der Waals surface area contributed by atoms with E-state index in [0.29, 0.717) is 11.5 Å². The summed E-state index contributed by atoms with van der Waals surface area (Å²) in [5, 5.41) is 0. The number of nitrogens with two attached hydrogens (primary N) is 1. The van der Waals surface area contributed by atoms with Gasteiger partial charge in [-0.25, -0.2) is 0 Å². The van der Waals surface area contributed by atoms with Crippen LogP contribution < -0.4 is 5.73 Å². The molecule has 3 nitrogen and oxygen atoms in total. The van der Waals surface area contributed by atoms with Crippen LogP contribution in [0.25, 0.3) is 0 Å². The first-order valence-corrected chi connectivity index (χ1v) is 7.04. The van der Waals surface area contributed by atoms with E-state index in [1.807, 2.05) is 0 Å². The van der Waals surface area contributed by atoms with Crippen molar-refractivity contribution >= 4 is 0 Å². The van der Waals surface area contributed by atoms with Crippen LogP contribution in [0.2, 0.25) is 0 Å². The van der Waals surface area contributed by atoms with Crippen LogP contribution in [0.5, 0.6) is 0 Å². The van der Waals surface area contributed by atoms with Crippen molar-refractivity contribution in [3.05, 3.63) is 0 Å². The highest BCUT2D eigenvalue weighted by atomic mass is 16.5. The van der Waals surface area contributed by atoms with Gasteiger partial charge in [0, 0.05) is 13.2 Å². The van der Waals surface area contributed by atoms with E-state index in [9.17, 15) is 0 Å². The lowest BCUT2D eigenvalue weighted by Crippen LogP contribution is -2.30. The Morgan fingerprint density at radius 3 is 2.71 bits per heavy atom. The molecular weight excluding hydrogens is 212 g/mol. The zero-order valence-corrected chi connectivity index (χ0v) is 11.9. The topological polar surface area (TPSA) is 38.5 Å². The monoisotopic (exact) mass is 242 g/mol. The lowest BCUT2D eigenvalue weighted by Gasteiger charge is -2.24. The molecule has 0 spiro atoms. The highest BCUT2D eigenvalue weighted by Crippen LogP contribution is 2.21. The van der Waals surface area contributed by atoms with Crippen LogP contribution in [0, 0.1) is 5.41 Å². The third kappa shape index (κ3) is 6.39. The van der Waals surface area contributed by atoms with Crippen molar-refractivity contribution in [2.75, 3.05) is 33.3 Å². The molecule has 1 heterocycles. The molecule has 0 saturated carbocycles. The summed E-state index contributed by atoms with van der Waals surface area (Å²) in [4.78, 5) is 2.41. The Bertz CT molecular complexity index is 200. The second-order valence-corrected chi connectivity index (χ2v) is 6.22. The summed E-state index contributed by atoms with van der Waals surface area (Å²) in [6.45, 7) is 8.54. The Hall–Kier alpha value is -0.120. The SMILES string of the molecule is CN(CCCCC(C)(C)CN)CC1CCCO1.